The van der Waals surface area contributed by atoms with Crippen LogP contribution in [0.5, 0.6) is 0 Å². The molecule has 0 heterocycles. The molecule has 0 aliphatic heterocycles. The maximum absolute atomic E-state index is 6.02. The number of anilines is 2. The van der Waals surface area contributed by atoms with Gasteiger partial charge < -0.3 is 11.5 Å². The standard InChI is InChI=1S/C18H24N2/c1-3-5-16-12-14(7-9-18(16)20)10-13-6-8-17(19)15(4-2)11-13/h6-9,11-12H,3-5,10,19-20H2,1-2H3. The smallest absolute Gasteiger partial charge is 0.0346 e. The molecule has 106 valence electrons. The zero-order valence-corrected chi connectivity index (χ0v) is 12.4. The fraction of sp³-hybridized carbons (Fsp3) is 0.333. The van der Waals surface area contributed by atoms with Crippen molar-refractivity contribution in [2.24, 2.45) is 0 Å². The second-order valence-corrected chi connectivity index (χ2v) is 5.35. The molecule has 0 aliphatic carbocycles. The Morgan fingerprint density at radius 2 is 1.35 bits per heavy atom. The first-order valence-electron chi connectivity index (χ1n) is 7.38. The van der Waals surface area contributed by atoms with Gasteiger partial charge in [-0.05, 0) is 53.6 Å². The lowest BCUT2D eigenvalue weighted by Gasteiger charge is -2.10. The van der Waals surface area contributed by atoms with E-state index < -0.39 is 0 Å². The molecule has 0 aromatic heterocycles. The third-order valence-corrected chi connectivity index (χ3v) is 3.72. The van der Waals surface area contributed by atoms with Crippen molar-refractivity contribution in [1.82, 2.24) is 0 Å². The SMILES string of the molecule is CCCc1cc(Cc2ccc(N)c(CC)c2)ccc1N. The number of rotatable bonds is 5. The highest BCUT2D eigenvalue weighted by Gasteiger charge is 2.04. The summed E-state index contributed by atoms with van der Waals surface area (Å²) >= 11 is 0. The summed E-state index contributed by atoms with van der Waals surface area (Å²) < 4.78 is 0. The minimum absolute atomic E-state index is 0.889. The molecule has 2 rings (SSSR count). The van der Waals surface area contributed by atoms with Crippen LogP contribution in [0.3, 0.4) is 0 Å². The van der Waals surface area contributed by atoms with Gasteiger partial charge in [0.25, 0.3) is 0 Å². The Kier molecular flexibility index (Phi) is 4.67. The molecule has 0 bridgehead atoms. The van der Waals surface area contributed by atoms with Crippen LogP contribution in [0.25, 0.3) is 0 Å². The Labute approximate surface area is 121 Å². The van der Waals surface area contributed by atoms with Crippen molar-refractivity contribution in [3.8, 4) is 0 Å². The Bertz CT molecular complexity index is 588. The molecule has 0 saturated heterocycles. The van der Waals surface area contributed by atoms with Gasteiger partial charge in [0.05, 0.1) is 0 Å². The minimum Gasteiger partial charge on any atom is -0.399 e. The zero-order chi connectivity index (χ0) is 14.5. The maximum atomic E-state index is 6.02. The van der Waals surface area contributed by atoms with Gasteiger partial charge >= 0.3 is 0 Å². The van der Waals surface area contributed by atoms with Crippen molar-refractivity contribution in [3.63, 3.8) is 0 Å². The number of hydrogen-bond donors (Lipinski definition) is 2. The van der Waals surface area contributed by atoms with E-state index in [1.54, 1.807) is 0 Å². The first-order valence-corrected chi connectivity index (χ1v) is 7.38. The van der Waals surface area contributed by atoms with Crippen LogP contribution < -0.4 is 11.5 Å². The van der Waals surface area contributed by atoms with E-state index in [0.717, 1.165) is 37.1 Å². The largest absolute Gasteiger partial charge is 0.399 e. The van der Waals surface area contributed by atoms with Crippen LogP contribution in [0.1, 0.15) is 42.5 Å². The van der Waals surface area contributed by atoms with Crippen LogP contribution in [0.2, 0.25) is 0 Å². The Morgan fingerprint density at radius 1 is 0.800 bits per heavy atom. The quantitative estimate of drug-likeness (QED) is 0.806. The van der Waals surface area contributed by atoms with Gasteiger partial charge in [0.1, 0.15) is 0 Å². The van der Waals surface area contributed by atoms with E-state index in [1.807, 2.05) is 12.1 Å². The molecule has 4 N–H and O–H groups in total. The second kappa shape index (κ2) is 6.47. The first kappa shape index (κ1) is 14.4. The minimum atomic E-state index is 0.889. The first-order chi connectivity index (χ1) is 9.63. The van der Waals surface area contributed by atoms with Crippen molar-refractivity contribution in [3.05, 3.63) is 58.7 Å². The number of benzene rings is 2. The molecular weight excluding hydrogens is 244 g/mol. The van der Waals surface area contributed by atoms with Crippen molar-refractivity contribution in [1.29, 1.82) is 0 Å². The molecule has 2 aromatic rings. The monoisotopic (exact) mass is 268 g/mol. The molecular formula is C18H24N2. The van der Waals surface area contributed by atoms with Crippen molar-refractivity contribution in [2.45, 2.75) is 39.5 Å². The molecule has 0 saturated carbocycles. The Morgan fingerprint density at radius 3 is 1.90 bits per heavy atom. The highest BCUT2D eigenvalue weighted by molar-refractivity contribution is 5.51. The number of nitrogens with two attached hydrogens (primary N) is 2. The van der Waals surface area contributed by atoms with Gasteiger partial charge in [-0.2, -0.15) is 0 Å². The third kappa shape index (κ3) is 3.32. The summed E-state index contributed by atoms with van der Waals surface area (Å²) in [7, 11) is 0. The van der Waals surface area contributed by atoms with E-state index in [1.165, 1.54) is 22.3 Å². The van der Waals surface area contributed by atoms with Crippen LogP contribution in [0.4, 0.5) is 11.4 Å². The van der Waals surface area contributed by atoms with E-state index in [4.69, 9.17) is 11.5 Å². The number of hydrogen-bond acceptors (Lipinski definition) is 2. The molecule has 2 aromatic carbocycles. The summed E-state index contributed by atoms with van der Waals surface area (Å²) in [5.74, 6) is 0. The fourth-order valence-corrected chi connectivity index (χ4v) is 2.57. The highest BCUT2D eigenvalue weighted by Crippen LogP contribution is 2.21. The van der Waals surface area contributed by atoms with Gasteiger partial charge in [-0.25, -0.2) is 0 Å². The summed E-state index contributed by atoms with van der Waals surface area (Å²) in [5, 5.41) is 0. The van der Waals surface area contributed by atoms with Crippen LogP contribution >= 0.6 is 0 Å². The predicted octanol–water partition coefficient (Wildman–Crippen LogP) is 3.96. The van der Waals surface area contributed by atoms with E-state index >= 15 is 0 Å². The molecule has 2 nitrogen and oxygen atoms in total. The van der Waals surface area contributed by atoms with Crippen molar-refractivity contribution >= 4 is 11.4 Å². The highest BCUT2D eigenvalue weighted by atomic mass is 14.6. The van der Waals surface area contributed by atoms with Gasteiger partial charge in [0.15, 0.2) is 0 Å². The van der Waals surface area contributed by atoms with Crippen molar-refractivity contribution in [2.75, 3.05) is 11.5 Å². The number of nitrogen functional groups attached to an aromatic ring is 2. The van der Waals surface area contributed by atoms with Crippen molar-refractivity contribution < 1.29 is 0 Å². The summed E-state index contributed by atoms with van der Waals surface area (Å²) in [6, 6.07) is 12.7. The molecule has 0 fully saturated rings. The predicted molar refractivity (Wildman–Crippen MR) is 87.9 cm³/mol. The van der Waals surface area contributed by atoms with E-state index in [9.17, 15) is 0 Å². The zero-order valence-electron chi connectivity index (χ0n) is 12.4. The van der Waals surface area contributed by atoms with E-state index in [0.29, 0.717) is 0 Å². The molecule has 0 atom stereocenters. The van der Waals surface area contributed by atoms with Crippen LogP contribution in [0, 0.1) is 0 Å². The fourth-order valence-electron chi connectivity index (χ4n) is 2.57. The Balaban J connectivity index is 2.23. The number of aryl methyl sites for hydroxylation is 2. The lowest BCUT2D eigenvalue weighted by Crippen LogP contribution is -1.98. The molecule has 0 radical (unpaired) electrons. The lowest BCUT2D eigenvalue weighted by molar-refractivity contribution is 0.921. The van der Waals surface area contributed by atoms with E-state index in [2.05, 4.69) is 38.1 Å². The topological polar surface area (TPSA) is 52.0 Å². The summed E-state index contributed by atoms with van der Waals surface area (Å²) in [6.45, 7) is 4.32. The second-order valence-electron chi connectivity index (χ2n) is 5.35. The molecule has 0 amide bonds. The molecule has 0 unspecified atom stereocenters. The Hall–Kier alpha value is -1.96. The normalized spacial score (nSPS) is 10.7. The maximum Gasteiger partial charge on any atom is 0.0346 e. The molecule has 2 heteroatoms. The molecule has 0 spiro atoms. The summed E-state index contributed by atoms with van der Waals surface area (Å²) in [4.78, 5) is 0. The van der Waals surface area contributed by atoms with Gasteiger partial charge in [-0.3, -0.25) is 0 Å². The average molecular weight is 268 g/mol. The molecule has 20 heavy (non-hydrogen) atoms. The van der Waals surface area contributed by atoms with Gasteiger partial charge in [-0.15, -0.1) is 0 Å². The van der Waals surface area contributed by atoms with Crippen LogP contribution in [0.15, 0.2) is 36.4 Å². The lowest BCUT2D eigenvalue weighted by atomic mass is 9.98. The molecule has 0 aliphatic rings. The van der Waals surface area contributed by atoms with Gasteiger partial charge in [-0.1, -0.05) is 44.5 Å². The summed E-state index contributed by atoms with van der Waals surface area (Å²) in [6.07, 6.45) is 4.07. The van der Waals surface area contributed by atoms with Crippen LogP contribution in [-0.4, -0.2) is 0 Å². The van der Waals surface area contributed by atoms with E-state index in [-0.39, 0.29) is 0 Å². The summed E-state index contributed by atoms with van der Waals surface area (Å²) in [5.41, 5.74) is 18.9. The third-order valence-electron chi connectivity index (χ3n) is 3.72. The average Bonchev–Trinajstić information content (AvgIpc) is 2.45. The van der Waals surface area contributed by atoms with Gasteiger partial charge in [0.2, 0.25) is 0 Å². The van der Waals surface area contributed by atoms with Crippen LogP contribution in [-0.2, 0) is 19.3 Å². The van der Waals surface area contributed by atoms with Gasteiger partial charge in [0, 0.05) is 11.4 Å².